The van der Waals surface area contributed by atoms with Crippen molar-refractivity contribution in [1.29, 1.82) is 0 Å². The smallest absolute Gasteiger partial charge is 0.251 e. The summed E-state index contributed by atoms with van der Waals surface area (Å²) in [6.07, 6.45) is 0.405. The van der Waals surface area contributed by atoms with Gasteiger partial charge in [-0.25, -0.2) is 0 Å². The summed E-state index contributed by atoms with van der Waals surface area (Å²) in [6, 6.07) is 7.23. The molecule has 0 aromatic heterocycles. The maximum atomic E-state index is 11.7. The molecule has 0 atom stereocenters. The van der Waals surface area contributed by atoms with E-state index in [4.69, 9.17) is 0 Å². The molecule has 0 spiro atoms. The van der Waals surface area contributed by atoms with Crippen molar-refractivity contribution in [3.05, 3.63) is 29.8 Å². The number of rotatable bonds is 6. The number of anilines is 1. The molecule has 5 nitrogen and oxygen atoms in total. The summed E-state index contributed by atoms with van der Waals surface area (Å²) >= 11 is 0. The van der Waals surface area contributed by atoms with Crippen molar-refractivity contribution in [2.45, 2.75) is 26.3 Å². The third kappa shape index (κ3) is 5.52. The number of hydrogen-bond donors (Lipinski definition) is 3. The molecule has 104 valence electrons. The molecule has 0 saturated heterocycles. The van der Waals surface area contributed by atoms with Gasteiger partial charge in [0.05, 0.1) is 0 Å². The van der Waals surface area contributed by atoms with E-state index in [2.05, 4.69) is 16.0 Å². The van der Waals surface area contributed by atoms with Gasteiger partial charge in [-0.1, -0.05) is 19.9 Å². The Morgan fingerprint density at radius 2 is 2.00 bits per heavy atom. The highest BCUT2D eigenvalue weighted by Crippen LogP contribution is 2.10. The minimum atomic E-state index is -0.169. The van der Waals surface area contributed by atoms with Gasteiger partial charge in [-0.05, 0) is 18.2 Å². The molecular formula is C14H21N3O2. The van der Waals surface area contributed by atoms with Gasteiger partial charge in [0.15, 0.2) is 0 Å². The fourth-order valence-electron chi connectivity index (χ4n) is 1.58. The zero-order chi connectivity index (χ0) is 14.3. The normalized spacial score (nSPS) is 10.3. The molecule has 1 rings (SSSR count). The lowest BCUT2D eigenvalue weighted by Crippen LogP contribution is -2.27. The molecule has 1 aromatic rings. The van der Waals surface area contributed by atoms with Crippen LogP contribution in [-0.2, 0) is 4.79 Å². The van der Waals surface area contributed by atoms with Crippen molar-refractivity contribution in [2.24, 2.45) is 0 Å². The molecular weight excluding hydrogens is 242 g/mol. The molecule has 0 fully saturated rings. The monoisotopic (exact) mass is 263 g/mol. The summed E-state index contributed by atoms with van der Waals surface area (Å²) in [4.78, 5) is 23.2. The molecule has 1 aromatic carbocycles. The first-order valence-corrected chi connectivity index (χ1v) is 6.38. The average Bonchev–Trinajstić information content (AvgIpc) is 2.37. The number of carbonyl (C=O) groups excluding carboxylic acids is 2. The molecule has 2 amide bonds. The molecule has 19 heavy (non-hydrogen) atoms. The van der Waals surface area contributed by atoms with E-state index in [1.807, 2.05) is 13.8 Å². The second-order valence-electron chi connectivity index (χ2n) is 4.57. The van der Waals surface area contributed by atoms with Gasteiger partial charge in [-0.3, -0.25) is 9.59 Å². The van der Waals surface area contributed by atoms with Gasteiger partial charge in [0.2, 0.25) is 5.91 Å². The van der Waals surface area contributed by atoms with Crippen LogP contribution in [0.5, 0.6) is 0 Å². The maximum absolute atomic E-state index is 11.7. The lowest BCUT2D eigenvalue weighted by Gasteiger charge is -2.09. The third-order valence-electron chi connectivity index (χ3n) is 2.54. The van der Waals surface area contributed by atoms with Crippen molar-refractivity contribution in [3.63, 3.8) is 0 Å². The first-order chi connectivity index (χ1) is 9.02. The number of nitrogens with one attached hydrogen (secondary N) is 3. The predicted octanol–water partition coefficient (Wildman–Crippen LogP) is 1.37. The van der Waals surface area contributed by atoms with Crippen LogP contribution in [-0.4, -0.2) is 31.4 Å². The van der Waals surface area contributed by atoms with E-state index in [1.165, 1.54) is 0 Å². The van der Waals surface area contributed by atoms with Gasteiger partial charge >= 0.3 is 0 Å². The molecule has 0 aliphatic rings. The first kappa shape index (κ1) is 15.2. The van der Waals surface area contributed by atoms with Crippen LogP contribution in [0.15, 0.2) is 24.3 Å². The second-order valence-corrected chi connectivity index (χ2v) is 4.57. The largest absolute Gasteiger partial charge is 0.355 e. The van der Waals surface area contributed by atoms with Crippen LogP contribution in [0.2, 0.25) is 0 Å². The van der Waals surface area contributed by atoms with Crippen molar-refractivity contribution in [1.82, 2.24) is 10.6 Å². The molecule has 0 heterocycles. The van der Waals surface area contributed by atoms with Crippen LogP contribution >= 0.6 is 0 Å². The molecule has 0 bridgehead atoms. The minimum Gasteiger partial charge on any atom is -0.355 e. The summed E-state index contributed by atoms with van der Waals surface area (Å²) in [5.74, 6) is -0.236. The third-order valence-corrected chi connectivity index (χ3v) is 2.54. The summed E-state index contributed by atoms with van der Waals surface area (Å²) in [6.45, 7) is 4.70. The van der Waals surface area contributed by atoms with Gasteiger partial charge in [-0.2, -0.15) is 0 Å². The van der Waals surface area contributed by atoms with E-state index in [1.54, 1.807) is 31.3 Å². The van der Waals surface area contributed by atoms with E-state index < -0.39 is 0 Å². The quantitative estimate of drug-likeness (QED) is 0.726. The van der Waals surface area contributed by atoms with Gasteiger partial charge in [0.1, 0.15) is 0 Å². The van der Waals surface area contributed by atoms with Gasteiger partial charge in [0, 0.05) is 37.3 Å². The lowest BCUT2D eigenvalue weighted by molar-refractivity contribution is -0.116. The lowest BCUT2D eigenvalue weighted by atomic mass is 10.2. The first-order valence-electron chi connectivity index (χ1n) is 6.38. The summed E-state index contributed by atoms with van der Waals surface area (Å²) < 4.78 is 0. The number of carbonyl (C=O) groups is 2. The van der Waals surface area contributed by atoms with Crippen molar-refractivity contribution in [3.8, 4) is 0 Å². The highest BCUT2D eigenvalue weighted by atomic mass is 16.2. The fourth-order valence-corrected chi connectivity index (χ4v) is 1.58. The molecule has 0 aliphatic heterocycles. The van der Waals surface area contributed by atoms with Gasteiger partial charge in [-0.15, -0.1) is 0 Å². The second kappa shape index (κ2) is 7.53. The van der Waals surface area contributed by atoms with E-state index >= 15 is 0 Å². The van der Waals surface area contributed by atoms with Crippen LogP contribution in [0.4, 0.5) is 5.69 Å². The standard InChI is InChI=1S/C14H21N3O2/c1-10(2)16-8-7-13(18)17-12-6-4-5-11(9-12)14(19)15-3/h4-6,9-10,16H,7-8H2,1-3H3,(H,15,19)(H,17,18). The topological polar surface area (TPSA) is 70.2 Å². The molecule has 0 saturated carbocycles. The van der Waals surface area contributed by atoms with Crippen LogP contribution < -0.4 is 16.0 Å². The Balaban J connectivity index is 2.52. The molecule has 0 aliphatic carbocycles. The Kier molecular flexibility index (Phi) is 6.02. The van der Waals surface area contributed by atoms with E-state index in [0.29, 0.717) is 30.3 Å². The summed E-state index contributed by atoms with van der Waals surface area (Å²) in [7, 11) is 1.57. The highest BCUT2D eigenvalue weighted by Gasteiger charge is 2.06. The zero-order valence-electron chi connectivity index (χ0n) is 11.6. The van der Waals surface area contributed by atoms with Crippen molar-refractivity contribution < 1.29 is 9.59 Å². The van der Waals surface area contributed by atoms with Crippen molar-refractivity contribution in [2.75, 3.05) is 18.9 Å². The van der Waals surface area contributed by atoms with Crippen LogP contribution in [0.25, 0.3) is 0 Å². The van der Waals surface area contributed by atoms with Crippen LogP contribution in [0, 0.1) is 0 Å². The SMILES string of the molecule is CNC(=O)c1cccc(NC(=O)CCNC(C)C)c1. The molecule has 5 heteroatoms. The van der Waals surface area contributed by atoms with Crippen LogP contribution in [0.3, 0.4) is 0 Å². The number of amides is 2. The minimum absolute atomic E-state index is 0.0674. The number of benzene rings is 1. The Labute approximate surface area is 113 Å². The predicted molar refractivity (Wildman–Crippen MR) is 76.2 cm³/mol. The van der Waals surface area contributed by atoms with E-state index in [9.17, 15) is 9.59 Å². The van der Waals surface area contributed by atoms with Crippen LogP contribution in [0.1, 0.15) is 30.6 Å². The highest BCUT2D eigenvalue weighted by molar-refractivity contribution is 5.97. The van der Waals surface area contributed by atoms with E-state index in [-0.39, 0.29) is 11.8 Å². The molecule has 0 radical (unpaired) electrons. The number of hydrogen-bond acceptors (Lipinski definition) is 3. The average molecular weight is 263 g/mol. The van der Waals surface area contributed by atoms with Gasteiger partial charge in [0.25, 0.3) is 5.91 Å². The zero-order valence-corrected chi connectivity index (χ0v) is 11.6. The molecule has 3 N–H and O–H groups in total. The van der Waals surface area contributed by atoms with E-state index in [0.717, 1.165) is 0 Å². The Hall–Kier alpha value is -1.88. The molecule has 0 unspecified atom stereocenters. The maximum Gasteiger partial charge on any atom is 0.251 e. The fraction of sp³-hybridized carbons (Fsp3) is 0.429. The summed E-state index contributed by atoms with van der Waals surface area (Å²) in [5.41, 5.74) is 1.16. The Bertz CT molecular complexity index is 444. The Morgan fingerprint density at radius 3 is 2.63 bits per heavy atom. The Morgan fingerprint density at radius 1 is 1.26 bits per heavy atom. The summed E-state index contributed by atoms with van der Waals surface area (Å²) in [5, 5.41) is 8.50. The van der Waals surface area contributed by atoms with Crippen molar-refractivity contribution >= 4 is 17.5 Å². The van der Waals surface area contributed by atoms with Gasteiger partial charge < -0.3 is 16.0 Å².